The molecule has 0 spiro atoms. The first-order valence-corrected chi connectivity index (χ1v) is 6.94. The van der Waals surface area contributed by atoms with E-state index in [4.69, 9.17) is 31.0 Å². The Morgan fingerprint density at radius 2 is 1.54 bits per heavy atom. The zero-order valence-electron chi connectivity index (χ0n) is 12.3. The zero-order chi connectivity index (χ0) is 19.3. The maximum atomic E-state index is 11.5. The average molecular weight is 369 g/mol. The third kappa shape index (κ3) is 14.4. The largest absolute Gasteiger partial charge is 0.503 e. The van der Waals surface area contributed by atoms with Gasteiger partial charge in [-0.2, -0.15) is 12.6 Å². The minimum Gasteiger partial charge on any atom is -0.480 e. The third-order valence-corrected chi connectivity index (χ3v) is 2.61. The summed E-state index contributed by atoms with van der Waals surface area (Å²) < 4.78 is 0. The molecule has 24 heavy (non-hydrogen) atoms. The van der Waals surface area contributed by atoms with Gasteiger partial charge in [0.15, 0.2) is 0 Å². The third-order valence-electron chi connectivity index (χ3n) is 2.25. The number of nitrogens with two attached hydrogens (primary N) is 1. The molecular weight excluding hydrogens is 350 g/mol. The summed E-state index contributed by atoms with van der Waals surface area (Å²) in [5.41, 5.74) is 5.23. The highest BCUT2D eigenvalue weighted by molar-refractivity contribution is 7.80. The van der Waals surface area contributed by atoms with Crippen LogP contribution in [-0.2, 0) is 19.2 Å². The first-order valence-electron chi connectivity index (χ1n) is 6.31. The Kier molecular flexibility index (Phi) is 12.8. The molecule has 8 N–H and O–H groups in total. The van der Waals surface area contributed by atoms with Gasteiger partial charge in [-0.25, -0.2) is 4.79 Å². The molecule has 12 nitrogen and oxygen atoms in total. The molecule has 0 heterocycles. The van der Waals surface area contributed by atoms with Crippen LogP contribution >= 0.6 is 12.6 Å². The second-order valence-electron chi connectivity index (χ2n) is 4.18. The van der Waals surface area contributed by atoms with E-state index in [1.54, 1.807) is 0 Å². The molecule has 0 aromatic heterocycles. The lowest BCUT2D eigenvalue weighted by Gasteiger charge is -2.16. The van der Waals surface area contributed by atoms with Crippen molar-refractivity contribution in [1.29, 1.82) is 0 Å². The molecule has 0 radical (unpaired) electrons. The smallest absolute Gasteiger partial charge is 0.480 e. The summed E-state index contributed by atoms with van der Waals surface area (Å²) in [5, 5.41) is 35.3. The summed E-state index contributed by atoms with van der Waals surface area (Å²) in [6, 6.07) is -2.15. The minimum atomic E-state index is -1.83. The second-order valence-corrected chi connectivity index (χ2v) is 4.55. The first kappa shape index (κ1) is 23.7. The Balaban J connectivity index is 0. The summed E-state index contributed by atoms with van der Waals surface area (Å²) in [6.45, 7) is -0.567. The predicted molar refractivity (Wildman–Crippen MR) is 81.9 cm³/mol. The van der Waals surface area contributed by atoms with Crippen LogP contribution in [0.1, 0.15) is 12.8 Å². The zero-order valence-corrected chi connectivity index (χ0v) is 13.2. The van der Waals surface area contributed by atoms with Crippen LogP contribution in [0.4, 0.5) is 4.79 Å². The lowest BCUT2D eigenvalue weighted by atomic mass is 10.1. The number of carboxylic acid groups (broad SMARTS) is 4. The summed E-state index contributed by atoms with van der Waals surface area (Å²) in [5.74, 6) is -3.70. The monoisotopic (exact) mass is 369 g/mol. The van der Waals surface area contributed by atoms with E-state index in [-0.39, 0.29) is 18.6 Å². The van der Waals surface area contributed by atoms with Gasteiger partial charge in [0.1, 0.15) is 18.6 Å². The van der Waals surface area contributed by atoms with Gasteiger partial charge in [0, 0.05) is 12.2 Å². The van der Waals surface area contributed by atoms with E-state index in [1.807, 2.05) is 0 Å². The predicted octanol–water partition coefficient (Wildman–Crippen LogP) is -1.98. The summed E-state index contributed by atoms with van der Waals surface area (Å²) in [6.07, 6.45) is -2.07. The fourth-order valence-electron chi connectivity index (χ4n) is 1.16. The number of carbonyl (C=O) groups excluding carboxylic acids is 2. The van der Waals surface area contributed by atoms with Crippen LogP contribution < -0.4 is 16.4 Å². The van der Waals surface area contributed by atoms with Crippen molar-refractivity contribution in [2.75, 3.05) is 12.3 Å². The number of aliphatic carboxylic acids is 2. The van der Waals surface area contributed by atoms with Crippen molar-refractivity contribution in [3.05, 3.63) is 0 Å². The fraction of sp³-hybridized carbons (Fsp3) is 0.545. The van der Waals surface area contributed by atoms with E-state index in [0.29, 0.717) is 0 Å². The maximum Gasteiger partial charge on any atom is 0.503 e. The van der Waals surface area contributed by atoms with E-state index in [9.17, 15) is 19.2 Å². The number of nitrogens with one attached hydrogen (secondary N) is 2. The van der Waals surface area contributed by atoms with Gasteiger partial charge < -0.3 is 36.8 Å². The van der Waals surface area contributed by atoms with Gasteiger partial charge in [-0.05, 0) is 6.42 Å². The van der Waals surface area contributed by atoms with Gasteiger partial charge >= 0.3 is 18.1 Å². The average Bonchev–Trinajstić information content (AvgIpc) is 2.46. The van der Waals surface area contributed by atoms with Crippen LogP contribution in [-0.4, -0.2) is 74.7 Å². The van der Waals surface area contributed by atoms with E-state index in [2.05, 4.69) is 23.3 Å². The molecule has 0 fully saturated rings. The highest BCUT2D eigenvalue weighted by atomic mass is 32.1. The van der Waals surface area contributed by atoms with E-state index in [1.165, 1.54) is 0 Å². The molecular formula is C11H19N3O9S. The number of hydrogen-bond donors (Lipinski definition) is 8. The lowest BCUT2D eigenvalue weighted by Crippen LogP contribution is -2.49. The normalized spacial score (nSPS) is 11.9. The Bertz CT molecular complexity index is 468. The summed E-state index contributed by atoms with van der Waals surface area (Å²) in [7, 11) is 0. The molecule has 0 aliphatic heterocycles. The first-order chi connectivity index (χ1) is 11.0. The number of amides is 2. The SMILES string of the molecule is NC(CCC(=O)NC(CS)C(=O)NCC(=O)O)C(=O)O.O=C(O)O. The lowest BCUT2D eigenvalue weighted by molar-refractivity contribution is -0.139. The van der Waals surface area contributed by atoms with E-state index < -0.39 is 48.5 Å². The quantitative estimate of drug-likeness (QED) is 0.209. The number of rotatable bonds is 9. The van der Waals surface area contributed by atoms with E-state index in [0.717, 1.165) is 0 Å². The highest BCUT2D eigenvalue weighted by Gasteiger charge is 2.20. The molecule has 0 saturated heterocycles. The maximum absolute atomic E-state index is 11.5. The van der Waals surface area contributed by atoms with Crippen molar-refractivity contribution < 1.29 is 44.4 Å². The molecule has 0 aromatic rings. The molecule has 0 aromatic carbocycles. The number of carbonyl (C=O) groups is 5. The molecule has 2 atom stereocenters. The Morgan fingerprint density at radius 3 is 1.92 bits per heavy atom. The molecule has 0 bridgehead atoms. The summed E-state index contributed by atoms with van der Waals surface area (Å²) >= 11 is 3.87. The molecule has 0 aliphatic carbocycles. The highest BCUT2D eigenvalue weighted by Crippen LogP contribution is 1.97. The van der Waals surface area contributed by atoms with Gasteiger partial charge in [0.25, 0.3) is 0 Å². The molecule has 138 valence electrons. The molecule has 0 aliphatic rings. The number of thiol groups is 1. The summed E-state index contributed by atoms with van der Waals surface area (Å²) in [4.78, 5) is 52.3. The van der Waals surface area contributed by atoms with Gasteiger partial charge in [0.2, 0.25) is 11.8 Å². The van der Waals surface area contributed by atoms with Crippen LogP contribution in [0.3, 0.4) is 0 Å². The minimum absolute atomic E-state index is 0.0256. The van der Waals surface area contributed by atoms with Gasteiger partial charge in [-0.15, -0.1) is 0 Å². The van der Waals surface area contributed by atoms with Gasteiger partial charge in [0.05, 0.1) is 0 Å². The van der Waals surface area contributed by atoms with Crippen molar-refractivity contribution in [3.8, 4) is 0 Å². The van der Waals surface area contributed by atoms with Gasteiger partial charge in [-0.1, -0.05) is 0 Å². The van der Waals surface area contributed by atoms with Crippen molar-refractivity contribution in [3.63, 3.8) is 0 Å². The van der Waals surface area contributed by atoms with Crippen molar-refractivity contribution in [2.24, 2.45) is 5.73 Å². The van der Waals surface area contributed by atoms with Crippen molar-refractivity contribution >= 4 is 42.5 Å². The van der Waals surface area contributed by atoms with Crippen molar-refractivity contribution in [2.45, 2.75) is 24.9 Å². The Hall–Kier alpha value is -2.54. The Morgan fingerprint density at radius 1 is 1.04 bits per heavy atom. The number of hydrogen-bond acceptors (Lipinski definition) is 7. The molecule has 2 amide bonds. The van der Waals surface area contributed by atoms with Crippen LogP contribution in [0.25, 0.3) is 0 Å². The number of carboxylic acids is 2. The molecule has 13 heteroatoms. The van der Waals surface area contributed by atoms with Crippen LogP contribution in [0.15, 0.2) is 0 Å². The van der Waals surface area contributed by atoms with Crippen LogP contribution in [0.2, 0.25) is 0 Å². The van der Waals surface area contributed by atoms with Crippen LogP contribution in [0, 0.1) is 0 Å². The second kappa shape index (κ2) is 13.0. The Labute approximate surface area is 141 Å². The molecule has 0 rings (SSSR count). The fourth-order valence-corrected chi connectivity index (χ4v) is 1.41. The topological polar surface area (TPSA) is 216 Å². The van der Waals surface area contributed by atoms with Gasteiger partial charge in [-0.3, -0.25) is 19.2 Å². The standard InChI is InChI=1S/C10H17N3O6S.CH2O3/c11-5(10(18)19)1-2-7(14)13-6(4-20)9(17)12-3-8(15)16;2-1(3)4/h5-6,20H,1-4,11H2,(H,12,17)(H,13,14)(H,15,16)(H,18,19);(H2,2,3,4). The van der Waals surface area contributed by atoms with Crippen molar-refractivity contribution in [1.82, 2.24) is 10.6 Å². The molecule has 2 unspecified atom stereocenters. The van der Waals surface area contributed by atoms with E-state index >= 15 is 0 Å². The van der Waals surface area contributed by atoms with Crippen LogP contribution in [0.5, 0.6) is 0 Å². The molecule has 0 saturated carbocycles.